The Morgan fingerprint density at radius 2 is 1.89 bits per heavy atom. The number of hydrogen-bond acceptors (Lipinski definition) is 1. The Morgan fingerprint density at radius 3 is 2.44 bits per heavy atom. The van der Waals surface area contributed by atoms with Crippen molar-refractivity contribution in [3.63, 3.8) is 0 Å². The van der Waals surface area contributed by atoms with Gasteiger partial charge in [-0.3, -0.25) is 0 Å². The van der Waals surface area contributed by atoms with Gasteiger partial charge < -0.3 is 4.74 Å². The van der Waals surface area contributed by atoms with Crippen LogP contribution in [0.1, 0.15) is 28.5 Å². The monoisotopic (exact) mass is 280 g/mol. The number of ether oxygens (including phenoxy) is 1. The molecule has 18 heavy (non-hydrogen) atoms. The lowest BCUT2D eigenvalue weighted by Crippen LogP contribution is -2.17. The summed E-state index contributed by atoms with van der Waals surface area (Å²) in [5, 5.41) is -0.322. The molecule has 0 N–H and O–H groups in total. The van der Waals surface area contributed by atoms with E-state index in [1.807, 2.05) is 32.0 Å². The summed E-state index contributed by atoms with van der Waals surface area (Å²) in [7, 11) is 0. The lowest BCUT2D eigenvalue weighted by Gasteiger charge is -2.13. The van der Waals surface area contributed by atoms with Gasteiger partial charge >= 0.3 is 6.18 Å². The molecule has 1 nitrogen and oxygen atoms in total. The van der Waals surface area contributed by atoms with Crippen molar-refractivity contribution < 1.29 is 17.9 Å². The predicted octanol–water partition coefficient (Wildman–Crippen LogP) is 4.55. The molecule has 0 bridgehead atoms. The third kappa shape index (κ3) is 5.27. The van der Waals surface area contributed by atoms with Crippen LogP contribution in [0.3, 0.4) is 0 Å². The Morgan fingerprint density at radius 1 is 1.22 bits per heavy atom. The molecule has 1 aromatic rings. The van der Waals surface area contributed by atoms with Crippen molar-refractivity contribution in [2.24, 2.45) is 0 Å². The lowest BCUT2D eigenvalue weighted by molar-refractivity contribution is -0.174. The van der Waals surface area contributed by atoms with Crippen LogP contribution < -0.4 is 0 Å². The molecule has 0 aliphatic rings. The quantitative estimate of drug-likeness (QED) is 0.568. The molecule has 0 amide bonds. The van der Waals surface area contributed by atoms with Crippen molar-refractivity contribution in [3.8, 4) is 0 Å². The van der Waals surface area contributed by atoms with Gasteiger partial charge in [-0.25, -0.2) is 0 Å². The summed E-state index contributed by atoms with van der Waals surface area (Å²) < 4.78 is 40.1. The van der Waals surface area contributed by atoms with E-state index in [9.17, 15) is 13.2 Å². The van der Waals surface area contributed by atoms with Crippen LogP contribution in [0.4, 0.5) is 13.2 Å². The third-order valence-corrected chi connectivity index (χ3v) is 3.14. The summed E-state index contributed by atoms with van der Waals surface area (Å²) in [6.07, 6.45) is -3.91. The van der Waals surface area contributed by atoms with Crippen LogP contribution in [0.5, 0.6) is 0 Å². The molecule has 1 atom stereocenters. The molecule has 5 heteroatoms. The Bertz CT molecular complexity index is 390. The fourth-order valence-electron chi connectivity index (χ4n) is 1.50. The normalized spacial score (nSPS) is 13.7. The number of rotatable bonds is 5. The number of hydrogen-bond donors (Lipinski definition) is 0. The van der Waals surface area contributed by atoms with E-state index in [1.54, 1.807) is 0 Å². The SMILES string of the molecule is Cc1ccc(C(Cl)CCOCC(F)(F)F)cc1C. The standard InChI is InChI=1S/C13H16ClF3O/c1-9-3-4-11(7-10(9)2)12(14)5-6-18-8-13(15,16)17/h3-4,7,12H,5-6,8H2,1-2H3. The van der Waals surface area contributed by atoms with Gasteiger partial charge in [0.25, 0.3) is 0 Å². The Hall–Kier alpha value is -0.740. The first-order valence-electron chi connectivity index (χ1n) is 5.65. The van der Waals surface area contributed by atoms with Gasteiger partial charge in [-0.2, -0.15) is 13.2 Å². The zero-order valence-corrected chi connectivity index (χ0v) is 11.1. The van der Waals surface area contributed by atoms with Crippen LogP contribution in [-0.4, -0.2) is 19.4 Å². The van der Waals surface area contributed by atoms with Gasteiger partial charge in [0.15, 0.2) is 0 Å². The van der Waals surface area contributed by atoms with E-state index in [2.05, 4.69) is 4.74 Å². The minimum atomic E-state index is -4.28. The molecule has 0 spiro atoms. The van der Waals surface area contributed by atoms with Gasteiger partial charge in [0, 0.05) is 6.61 Å². The molecule has 0 radical (unpaired) electrons. The van der Waals surface area contributed by atoms with Crippen molar-refractivity contribution >= 4 is 11.6 Å². The maximum Gasteiger partial charge on any atom is 0.411 e. The second-order valence-electron chi connectivity index (χ2n) is 4.27. The van der Waals surface area contributed by atoms with E-state index < -0.39 is 12.8 Å². The van der Waals surface area contributed by atoms with Crippen LogP contribution in [0.25, 0.3) is 0 Å². The Balaban J connectivity index is 2.41. The van der Waals surface area contributed by atoms with E-state index in [-0.39, 0.29) is 12.0 Å². The second kappa shape index (κ2) is 6.43. The summed E-state index contributed by atoms with van der Waals surface area (Å²) in [6, 6.07) is 5.80. The average molecular weight is 281 g/mol. The topological polar surface area (TPSA) is 9.23 Å². The summed E-state index contributed by atoms with van der Waals surface area (Å²) in [5.41, 5.74) is 3.20. The van der Waals surface area contributed by atoms with Crippen molar-refractivity contribution in [1.82, 2.24) is 0 Å². The van der Waals surface area contributed by atoms with E-state index in [0.717, 1.165) is 16.7 Å². The van der Waals surface area contributed by atoms with Crippen molar-refractivity contribution in [2.45, 2.75) is 31.8 Å². The van der Waals surface area contributed by atoms with Gasteiger partial charge in [0.1, 0.15) is 6.61 Å². The number of halogens is 4. The van der Waals surface area contributed by atoms with Crippen molar-refractivity contribution in [2.75, 3.05) is 13.2 Å². The summed E-state index contributed by atoms with van der Waals surface area (Å²) >= 11 is 6.12. The van der Waals surface area contributed by atoms with Crippen LogP contribution in [0, 0.1) is 13.8 Å². The highest BCUT2D eigenvalue weighted by Crippen LogP contribution is 2.26. The molecule has 0 fully saturated rings. The smallest absolute Gasteiger partial charge is 0.372 e. The summed E-state index contributed by atoms with van der Waals surface area (Å²) in [4.78, 5) is 0. The molecule has 0 aliphatic heterocycles. The zero-order valence-electron chi connectivity index (χ0n) is 10.4. The van der Waals surface area contributed by atoms with E-state index in [1.165, 1.54) is 0 Å². The zero-order chi connectivity index (χ0) is 13.8. The highest BCUT2D eigenvalue weighted by molar-refractivity contribution is 6.20. The second-order valence-corrected chi connectivity index (χ2v) is 4.79. The molecule has 0 aliphatic carbocycles. The van der Waals surface area contributed by atoms with Gasteiger partial charge in [-0.15, -0.1) is 11.6 Å². The first-order valence-corrected chi connectivity index (χ1v) is 6.09. The molecule has 0 aromatic heterocycles. The number of benzene rings is 1. The highest BCUT2D eigenvalue weighted by atomic mass is 35.5. The molecular weight excluding hydrogens is 265 g/mol. The number of aryl methyl sites for hydroxylation is 2. The van der Waals surface area contributed by atoms with Crippen LogP contribution >= 0.6 is 11.6 Å². The van der Waals surface area contributed by atoms with Gasteiger partial charge in [-0.05, 0) is 37.0 Å². The van der Waals surface area contributed by atoms with Gasteiger partial charge in [-0.1, -0.05) is 18.2 Å². The molecule has 102 valence electrons. The molecular formula is C13H16ClF3O. The van der Waals surface area contributed by atoms with E-state index >= 15 is 0 Å². The summed E-state index contributed by atoms with van der Waals surface area (Å²) in [6.45, 7) is 2.75. The van der Waals surface area contributed by atoms with Crippen LogP contribution in [-0.2, 0) is 4.74 Å². The minimum Gasteiger partial charge on any atom is -0.372 e. The molecule has 0 saturated heterocycles. The maximum atomic E-state index is 11.8. The fraction of sp³-hybridized carbons (Fsp3) is 0.538. The Kier molecular flexibility index (Phi) is 5.47. The minimum absolute atomic E-state index is 0.000596. The number of alkyl halides is 4. The molecule has 1 aromatic carbocycles. The van der Waals surface area contributed by atoms with Crippen LogP contribution in [0.15, 0.2) is 18.2 Å². The van der Waals surface area contributed by atoms with Gasteiger partial charge in [0.05, 0.1) is 5.38 Å². The molecule has 0 heterocycles. The fourth-order valence-corrected chi connectivity index (χ4v) is 1.73. The predicted molar refractivity (Wildman–Crippen MR) is 66.0 cm³/mol. The molecule has 0 saturated carbocycles. The highest BCUT2D eigenvalue weighted by Gasteiger charge is 2.27. The first-order chi connectivity index (χ1) is 8.29. The largest absolute Gasteiger partial charge is 0.411 e. The Labute approximate surface area is 110 Å². The van der Waals surface area contributed by atoms with Crippen molar-refractivity contribution in [3.05, 3.63) is 34.9 Å². The third-order valence-electron chi connectivity index (χ3n) is 2.67. The molecule has 1 rings (SSSR count). The van der Waals surface area contributed by atoms with Crippen LogP contribution in [0.2, 0.25) is 0 Å². The lowest BCUT2D eigenvalue weighted by atomic mass is 10.0. The maximum absolute atomic E-state index is 11.8. The molecule has 1 unspecified atom stereocenters. The van der Waals surface area contributed by atoms with E-state index in [4.69, 9.17) is 11.6 Å². The average Bonchev–Trinajstić information content (AvgIpc) is 2.26. The first kappa shape index (κ1) is 15.3. The van der Waals surface area contributed by atoms with Gasteiger partial charge in [0.2, 0.25) is 0 Å². The van der Waals surface area contributed by atoms with E-state index in [0.29, 0.717) is 6.42 Å². The van der Waals surface area contributed by atoms with Crippen molar-refractivity contribution in [1.29, 1.82) is 0 Å². The summed E-state index contributed by atoms with van der Waals surface area (Å²) in [5.74, 6) is 0.